The van der Waals surface area contributed by atoms with Crippen molar-refractivity contribution in [3.8, 4) is 0 Å². The van der Waals surface area contributed by atoms with Gasteiger partial charge in [-0.2, -0.15) is 0 Å². The van der Waals surface area contributed by atoms with Crippen molar-refractivity contribution in [3.05, 3.63) is 0 Å². The van der Waals surface area contributed by atoms with Crippen LogP contribution >= 0.6 is 0 Å². The quantitative estimate of drug-likeness (QED) is 0.572. The zero-order valence-electron chi connectivity index (χ0n) is 15.7. The number of ether oxygens (including phenoxy) is 3. The van der Waals surface area contributed by atoms with Gasteiger partial charge in [-0.25, -0.2) is 0 Å². The molecule has 0 aromatic rings. The molecule has 0 aromatic heterocycles. The SMILES string of the molecule is CC1(C)O[C@H]2[C@@H]([C@H](O)CO[Si](C)(C)C(C)(C)C)OC(=O)[C@@H](N)[C@H]2O1. The van der Waals surface area contributed by atoms with Crippen molar-refractivity contribution in [2.45, 2.75) is 89.0 Å². The molecular formula is C16H31NO6Si. The predicted molar refractivity (Wildman–Crippen MR) is 90.8 cm³/mol. The molecule has 2 fully saturated rings. The lowest BCUT2D eigenvalue weighted by Gasteiger charge is -2.39. The highest BCUT2D eigenvalue weighted by atomic mass is 28.4. The molecule has 2 saturated heterocycles. The number of hydrogen-bond donors (Lipinski definition) is 2. The van der Waals surface area contributed by atoms with Gasteiger partial charge in [0, 0.05) is 0 Å². The first kappa shape index (κ1) is 19.8. The molecule has 0 unspecified atom stereocenters. The van der Waals surface area contributed by atoms with E-state index >= 15 is 0 Å². The molecule has 0 saturated carbocycles. The summed E-state index contributed by atoms with van der Waals surface area (Å²) in [6.07, 6.45) is -3.09. The van der Waals surface area contributed by atoms with Gasteiger partial charge < -0.3 is 29.5 Å². The van der Waals surface area contributed by atoms with Crippen molar-refractivity contribution in [1.82, 2.24) is 0 Å². The normalized spacial score (nSPS) is 34.6. The Hall–Kier alpha value is -0.513. The summed E-state index contributed by atoms with van der Waals surface area (Å²) in [4.78, 5) is 12.0. The summed E-state index contributed by atoms with van der Waals surface area (Å²) >= 11 is 0. The lowest BCUT2D eigenvalue weighted by atomic mass is 9.95. The Morgan fingerprint density at radius 3 is 2.38 bits per heavy atom. The second-order valence-electron chi connectivity index (χ2n) is 8.63. The fourth-order valence-electron chi connectivity index (χ4n) is 2.67. The van der Waals surface area contributed by atoms with Crippen LogP contribution in [0, 0.1) is 0 Å². The Morgan fingerprint density at radius 1 is 1.29 bits per heavy atom. The predicted octanol–water partition coefficient (Wildman–Crippen LogP) is 1.14. The third-order valence-electron chi connectivity index (χ3n) is 5.17. The topological polar surface area (TPSA) is 100 Å². The highest BCUT2D eigenvalue weighted by Crippen LogP contribution is 2.38. The second kappa shape index (κ2) is 6.33. The molecule has 0 aromatic carbocycles. The molecule has 2 heterocycles. The van der Waals surface area contributed by atoms with Crippen LogP contribution in [-0.2, 0) is 23.4 Å². The molecule has 0 bridgehead atoms. The van der Waals surface area contributed by atoms with Crippen LogP contribution in [0.2, 0.25) is 18.1 Å². The van der Waals surface area contributed by atoms with Crippen LogP contribution in [0.5, 0.6) is 0 Å². The fraction of sp³-hybridized carbons (Fsp3) is 0.938. The molecule has 0 radical (unpaired) electrons. The summed E-state index contributed by atoms with van der Waals surface area (Å²) < 4.78 is 22.9. The minimum atomic E-state index is -2.02. The number of fused-ring (bicyclic) bond motifs is 1. The van der Waals surface area contributed by atoms with Crippen LogP contribution < -0.4 is 5.73 Å². The van der Waals surface area contributed by atoms with Crippen molar-refractivity contribution >= 4 is 14.3 Å². The zero-order chi connectivity index (χ0) is 18.5. The molecule has 0 spiro atoms. The van der Waals surface area contributed by atoms with E-state index in [1.54, 1.807) is 13.8 Å². The minimum absolute atomic E-state index is 0.0236. The molecule has 24 heavy (non-hydrogen) atoms. The number of nitrogens with two attached hydrogens (primary N) is 1. The second-order valence-corrected chi connectivity index (χ2v) is 13.4. The number of esters is 1. The Balaban J connectivity index is 2.08. The summed E-state index contributed by atoms with van der Waals surface area (Å²) in [5.74, 6) is -1.46. The smallest absolute Gasteiger partial charge is 0.326 e. The summed E-state index contributed by atoms with van der Waals surface area (Å²) in [7, 11) is -2.02. The number of aliphatic hydroxyl groups is 1. The van der Waals surface area contributed by atoms with Crippen molar-refractivity contribution in [1.29, 1.82) is 0 Å². The van der Waals surface area contributed by atoms with Gasteiger partial charge in [0.15, 0.2) is 20.2 Å². The summed E-state index contributed by atoms with van der Waals surface area (Å²) in [6, 6.07) is -0.915. The number of carbonyl (C=O) groups is 1. The number of hydrogen-bond acceptors (Lipinski definition) is 7. The molecule has 140 valence electrons. The van der Waals surface area contributed by atoms with Gasteiger partial charge in [0.2, 0.25) is 0 Å². The van der Waals surface area contributed by atoms with Crippen LogP contribution in [0.4, 0.5) is 0 Å². The molecule has 8 heteroatoms. The van der Waals surface area contributed by atoms with Gasteiger partial charge in [-0.05, 0) is 32.0 Å². The van der Waals surface area contributed by atoms with E-state index in [-0.39, 0.29) is 11.6 Å². The molecule has 5 atom stereocenters. The molecule has 3 N–H and O–H groups in total. The van der Waals surface area contributed by atoms with Crippen LogP contribution in [0.3, 0.4) is 0 Å². The van der Waals surface area contributed by atoms with E-state index in [4.69, 9.17) is 24.4 Å². The highest BCUT2D eigenvalue weighted by molar-refractivity contribution is 6.74. The van der Waals surface area contributed by atoms with E-state index in [1.807, 2.05) is 0 Å². The first-order valence-electron chi connectivity index (χ1n) is 8.39. The Bertz CT molecular complexity index is 489. The van der Waals surface area contributed by atoms with E-state index < -0.39 is 50.5 Å². The first-order valence-corrected chi connectivity index (χ1v) is 11.3. The molecular weight excluding hydrogens is 330 g/mol. The number of rotatable bonds is 4. The lowest BCUT2D eigenvalue weighted by Crippen LogP contribution is -2.61. The maximum Gasteiger partial charge on any atom is 0.326 e. The molecule has 2 rings (SSSR count). The zero-order valence-corrected chi connectivity index (χ0v) is 16.7. The molecule has 0 amide bonds. The monoisotopic (exact) mass is 361 g/mol. The van der Waals surface area contributed by atoms with Crippen molar-refractivity contribution in [2.24, 2.45) is 5.73 Å². The molecule has 0 aliphatic carbocycles. The summed E-state index contributed by atoms with van der Waals surface area (Å²) in [5.41, 5.74) is 5.86. The average Bonchev–Trinajstić information content (AvgIpc) is 2.75. The molecule has 2 aliphatic heterocycles. The lowest BCUT2D eigenvalue weighted by molar-refractivity contribution is -0.187. The van der Waals surface area contributed by atoms with Gasteiger partial charge in [-0.15, -0.1) is 0 Å². The van der Waals surface area contributed by atoms with Gasteiger partial charge in [0.05, 0.1) is 6.61 Å². The maximum atomic E-state index is 12.0. The van der Waals surface area contributed by atoms with Crippen LogP contribution in [-0.4, -0.2) is 62.2 Å². The number of cyclic esters (lactones) is 1. The van der Waals surface area contributed by atoms with E-state index in [2.05, 4.69) is 33.9 Å². The Kier molecular flexibility index (Phi) is 5.23. The van der Waals surface area contributed by atoms with Gasteiger partial charge in [0.25, 0.3) is 0 Å². The van der Waals surface area contributed by atoms with Crippen molar-refractivity contribution < 1.29 is 28.5 Å². The van der Waals surface area contributed by atoms with Crippen LogP contribution in [0.15, 0.2) is 0 Å². The van der Waals surface area contributed by atoms with Crippen LogP contribution in [0.1, 0.15) is 34.6 Å². The first-order chi connectivity index (χ1) is 10.8. The third kappa shape index (κ3) is 3.84. The van der Waals surface area contributed by atoms with Gasteiger partial charge >= 0.3 is 5.97 Å². The largest absolute Gasteiger partial charge is 0.455 e. The Morgan fingerprint density at radius 2 is 1.83 bits per heavy atom. The standard InChI is InChI=1S/C16H31NO6Si/c1-15(2,3)24(6,7)20-8-9(18)11-13-12(10(17)14(19)21-11)22-16(4,5)23-13/h9-13,18H,8,17H2,1-7H3/t9-,10+,11-,12-,13+/m1/s1. The van der Waals surface area contributed by atoms with E-state index in [9.17, 15) is 9.90 Å². The summed E-state index contributed by atoms with van der Waals surface area (Å²) in [6.45, 7) is 14.1. The van der Waals surface area contributed by atoms with E-state index in [0.29, 0.717) is 0 Å². The molecule has 7 nitrogen and oxygen atoms in total. The fourth-order valence-corrected chi connectivity index (χ4v) is 3.69. The van der Waals surface area contributed by atoms with Crippen molar-refractivity contribution in [2.75, 3.05) is 6.61 Å². The summed E-state index contributed by atoms with van der Waals surface area (Å²) in [5, 5.41) is 10.6. The van der Waals surface area contributed by atoms with E-state index in [1.165, 1.54) is 0 Å². The maximum absolute atomic E-state index is 12.0. The van der Waals surface area contributed by atoms with Gasteiger partial charge in [0.1, 0.15) is 24.4 Å². The third-order valence-corrected chi connectivity index (χ3v) is 9.67. The van der Waals surface area contributed by atoms with Gasteiger partial charge in [-0.1, -0.05) is 20.8 Å². The highest BCUT2D eigenvalue weighted by Gasteiger charge is 2.56. The average molecular weight is 362 g/mol. The minimum Gasteiger partial charge on any atom is -0.455 e. The van der Waals surface area contributed by atoms with E-state index in [0.717, 1.165) is 0 Å². The van der Waals surface area contributed by atoms with Crippen LogP contribution in [0.25, 0.3) is 0 Å². The van der Waals surface area contributed by atoms with Gasteiger partial charge in [-0.3, -0.25) is 4.79 Å². The number of carbonyl (C=O) groups excluding carboxylic acids is 1. The molecule has 2 aliphatic rings. The number of aliphatic hydroxyl groups excluding tert-OH is 1. The van der Waals surface area contributed by atoms with Crippen molar-refractivity contribution in [3.63, 3.8) is 0 Å². The Labute approximate surface area is 144 Å².